The molecule has 0 saturated heterocycles. The van der Waals surface area contributed by atoms with Crippen LogP contribution in [0.2, 0.25) is 0 Å². The summed E-state index contributed by atoms with van der Waals surface area (Å²) in [5, 5.41) is 7.00. The summed E-state index contributed by atoms with van der Waals surface area (Å²) in [6, 6.07) is 0. The smallest absolute Gasteiger partial charge is 0.252 e. The van der Waals surface area contributed by atoms with Crippen molar-refractivity contribution in [2.24, 2.45) is 0 Å². The van der Waals surface area contributed by atoms with Crippen LogP contribution in [-0.4, -0.2) is 13.1 Å². The zero-order chi connectivity index (χ0) is 2.00. The van der Waals surface area contributed by atoms with E-state index in [4.69, 9.17) is 5.02 Å². The molecule has 0 aromatic heterocycles. The SMILES string of the molecule is BO.[Fe].[Hf]. The fourth-order valence-corrected chi connectivity index (χ4v) is 0. The molecule has 0 unspecified atom stereocenters. The summed E-state index contributed by atoms with van der Waals surface area (Å²) in [5.74, 6) is 0. The Morgan fingerprint density at radius 2 is 1.25 bits per heavy atom. The normalized spacial score (nSPS) is 1.25. The summed E-state index contributed by atoms with van der Waals surface area (Å²) in [4.78, 5) is 0. The maximum absolute atomic E-state index is 7.00. The van der Waals surface area contributed by atoms with Gasteiger partial charge in [0, 0.05) is 42.9 Å². The number of hydrogen-bond acceptors (Lipinski definition) is 1. The van der Waals surface area contributed by atoms with Gasteiger partial charge < -0.3 is 5.02 Å². The van der Waals surface area contributed by atoms with Gasteiger partial charge in [-0.15, -0.1) is 0 Å². The topological polar surface area (TPSA) is 20.2 Å². The second kappa shape index (κ2) is 25.7. The maximum atomic E-state index is 7.00. The van der Waals surface area contributed by atoms with Gasteiger partial charge in [-0.3, -0.25) is 0 Å². The first-order valence-corrected chi connectivity index (χ1v) is 0.447. The minimum absolute atomic E-state index is 0. The zero-order valence-corrected chi connectivity index (χ0v) is 7.00. The van der Waals surface area contributed by atoms with Gasteiger partial charge in [-0.1, -0.05) is 0 Å². The Balaban J connectivity index is -0.00000000500. The van der Waals surface area contributed by atoms with E-state index >= 15 is 0 Å². The van der Waals surface area contributed by atoms with Gasteiger partial charge >= 0.3 is 0 Å². The Morgan fingerprint density at radius 3 is 1.25 bits per heavy atom. The van der Waals surface area contributed by atoms with Gasteiger partial charge in [-0.25, -0.2) is 0 Å². The first-order valence-electron chi connectivity index (χ1n) is 0.447. The van der Waals surface area contributed by atoms with Gasteiger partial charge in [-0.05, 0) is 0 Å². The molecule has 24 valence electrons. The molecule has 0 aliphatic carbocycles. The second-order valence-electron chi connectivity index (χ2n) is 0. The van der Waals surface area contributed by atoms with E-state index in [9.17, 15) is 0 Å². The molecule has 4 heteroatoms. The van der Waals surface area contributed by atoms with Crippen LogP contribution in [0.25, 0.3) is 0 Å². The summed E-state index contributed by atoms with van der Waals surface area (Å²) >= 11 is 0. The van der Waals surface area contributed by atoms with Crippen LogP contribution in [0.15, 0.2) is 0 Å². The molecule has 0 saturated carbocycles. The van der Waals surface area contributed by atoms with Crippen LogP contribution >= 0.6 is 0 Å². The third-order valence-corrected chi connectivity index (χ3v) is 0. The molecule has 0 atom stereocenters. The molecular weight excluding hydrogens is 261 g/mol. The molecule has 0 fully saturated rings. The fraction of sp³-hybridized carbons (Fsp3) is 0. The van der Waals surface area contributed by atoms with Gasteiger partial charge in [-0.2, -0.15) is 0 Å². The fourth-order valence-electron chi connectivity index (χ4n) is 0. The van der Waals surface area contributed by atoms with E-state index in [2.05, 4.69) is 0 Å². The zero-order valence-electron chi connectivity index (χ0n) is 2.30. The Morgan fingerprint density at radius 1 is 1.25 bits per heavy atom. The monoisotopic (exact) mass is 266 g/mol. The largest absolute Gasteiger partial charge is 0.458 e. The van der Waals surface area contributed by atoms with E-state index in [1.807, 2.05) is 0 Å². The van der Waals surface area contributed by atoms with Gasteiger partial charge in [0.2, 0.25) is 0 Å². The van der Waals surface area contributed by atoms with Crippen LogP contribution < -0.4 is 0 Å². The predicted octanol–water partition coefficient (Wildman–Crippen LogP) is -1.48. The van der Waals surface area contributed by atoms with Crippen LogP contribution in [0.1, 0.15) is 0 Å². The van der Waals surface area contributed by atoms with Crippen molar-refractivity contribution in [1.29, 1.82) is 0 Å². The van der Waals surface area contributed by atoms with Crippen molar-refractivity contribution in [3.63, 3.8) is 0 Å². The van der Waals surface area contributed by atoms with Crippen LogP contribution in [-0.2, 0) is 42.9 Å². The third-order valence-electron chi connectivity index (χ3n) is 0. The van der Waals surface area contributed by atoms with E-state index in [1.54, 1.807) is 0 Å². The summed E-state index contributed by atoms with van der Waals surface area (Å²) < 4.78 is 0. The minimum Gasteiger partial charge on any atom is -0.458 e. The summed E-state index contributed by atoms with van der Waals surface area (Å²) in [7, 11) is 1.00. The van der Waals surface area contributed by atoms with Gasteiger partial charge in [0.15, 0.2) is 0 Å². The summed E-state index contributed by atoms with van der Waals surface area (Å²) in [6.07, 6.45) is 0. The number of rotatable bonds is 0. The summed E-state index contributed by atoms with van der Waals surface area (Å²) in [5.41, 5.74) is 0. The molecule has 0 heterocycles. The van der Waals surface area contributed by atoms with Crippen molar-refractivity contribution in [1.82, 2.24) is 0 Å². The van der Waals surface area contributed by atoms with Crippen molar-refractivity contribution >= 4 is 8.05 Å². The molecule has 0 bridgehead atoms. The summed E-state index contributed by atoms with van der Waals surface area (Å²) in [6.45, 7) is 0. The van der Waals surface area contributed by atoms with Crippen LogP contribution in [0.5, 0.6) is 0 Å². The first-order chi connectivity index (χ1) is 1.00. The molecule has 0 aliphatic rings. The van der Waals surface area contributed by atoms with Crippen LogP contribution in [0.4, 0.5) is 0 Å². The van der Waals surface area contributed by atoms with E-state index in [1.165, 1.54) is 0 Å². The van der Waals surface area contributed by atoms with Gasteiger partial charge in [0.25, 0.3) is 8.05 Å². The van der Waals surface area contributed by atoms with E-state index in [0.717, 1.165) is 8.05 Å². The standard InChI is InChI=1S/BH3O.Fe.Hf/c1-2;;/h2H,1H2;;. The van der Waals surface area contributed by atoms with Crippen molar-refractivity contribution in [3.05, 3.63) is 0 Å². The molecule has 0 radical (unpaired) electrons. The van der Waals surface area contributed by atoms with Crippen molar-refractivity contribution in [2.75, 3.05) is 0 Å². The Kier molecular flexibility index (Phi) is 116. The van der Waals surface area contributed by atoms with Gasteiger partial charge in [0.1, 0.15) is 0 Å². The molecule has 0 rings (SSSR count). The molecule has 0 amide bonds. The van der Waals surface area contributed by atoms with E-state index in [-0.39, 0.29) is 42.9 Å². The van der Waals surface area contributed by atoms with Crippen molar-refractivity contribution in [3.8, 4) is 0 Å². The molecule has 0 aromatic carbocycles. The number of hydrogen-bond donors (Lipinski definition) is 1. The van der Waals surface area contributed by atoms with E-state index in [0.29, 0.717) is 0 Å². The van der Waals surface area contributed by atoms with Crippen molar-refractivity contribution < 1.29 is 47.9 Å². The van der Waals surface area contributed by atoms with Gasteiger partial charge in [0.05, 0.1) is 0 Å². The average Bonchev–Trinajstić information content (AvgIpc) is 1.00. The molecule has 0 spiro atoms. The Bertz CT molecular complexity index is 8.00. The second-order valence-corrected chi connectivity index (χ2v) is 0. The molecular formula is H3BFeHfO. The maximum Gasteiger partial charge on any atom is 0.252 e. The molecule has 0 aromatic rings. The average molecular weight is 264 g/mol. The molecule has 1 nitrogen and oxygen atoms in total. The Hall–Kier alpha value is 1.41. The molecule has 1 N–H and O–H groups in total. The van der Waals surface area contributed by atoms with E-state index < -0.39 is 0 Å². The molecule has 0 aliphatic heterocycles. The van der Waals surface area contributed by atoms with Crippen molar-refractivity contribution in [2.45, 2.75) is 0 Å². The first kappa shape index (κ1) is 18.1. The predicted molar refractivity (Wildman–Crippen MR) is 10.8 cm³/mol. The Labute approximate surface area is 55.9 Å². The minimum atomic E-state index is 0. The third kappa shape index (κ3) is 9.95. The van der Waals surface area contributed by atoms with Crippen LogP contribution in [0.3, 0.4) is 0 Å². The quantitative estimate of drug-likeness (QED) is 0.529. The van der Waals surface area contributed by atoms with Crippen LogP contribution in [0, 0.1) is 0 Å². The molecule has 4 heavy (non-hydrogen) atoms.